The number of hydrogen-bond acceptors (Lipinski definition) is 9. The van der Waals surface area contributed by atoms with Gasteiger partial charge in [-0.1, -0.05) is 13.0 Å². The minimum atomic E-state index is -4.44. The maximum absolute atomic E-state index is 12.8. The van der Waals surface area contributed by atoms with Crippen molar-refractivity contribution in [2.45, 2.75) is 70.1 Å². The fourth-order valence-electron chi connectivity index (χ4n) is 4.45. The number of nitrogens with zero attached hydrogens (tertiary/aromatic N) is 3. The third-order valence-electron chi connectivity index (χ3n) is 6.26. The van der Waals surface area contributed by atoms with Gasteiger partial charge in [-0.25, -0.2) is 9.97 Å². The van der Waals surface area contributed by atoms with Crippen LogP contribution in [0.2, 0.25) is 0 Å². The van der Waals surface area contributed by atoms with Gasteiger partial charge in [0.15, 0.2) is 0 Å². The Labute approximate surface area is 199 Å². The van der Waals surface area contributed by atoms with E-state index in [0.29, 0.717) is 22.7 Å². The van der Waals surface area contributed by atoms with E-state index in [2.05, 4.69) is 26.7 Å². The summed E-state index contributed by atoms with van der Waals surface area (Å²) in [5.74, 6) is -0.528. The van der Waals surface area contributed by atoms with E-state index < -0.39 is 43.0 Å². The monoisotopic (exact) mass is 499 g/mol. The number of halogens is 3. The highest BCUT2D eigenvalue weighted by atomic mass is 32.1. The van der Waals surface area contributed by atoms with Gasteiger partial charge in [-0.05, 0) is 38.7 Å². The van der Waals surface area contributed by atoms with E-state index in [-0.39, 0.29) is 18.2 Å². The molecule has 0 saturated heterocycles. The van der Waals surface area contributed by atoms with Crippen molar-refractivity contribution in [1.82, 2.24) is 15.0 Å². The highest BCUT2D eigenvalue weighted by Gasteiger charge is 2.44. The number of aryl methyl sites for hydroxylation is 2. The molecule has 5 atom stereocenters. The van der Waals surface area contributed by atoms with Crippen molar-refractivity contribution >= 4 is 29.2 Å². The molecule has 186 valence electrons. The number of thiazole rings is 1. The number of alkyl halides is 3. The van der Waals surface area contributed by atoms with Crippen molar-refractivity contribution in [3.8, 4) is 10.6 Å². The molecule has 0 bridgehead atoms. The van der Waals surface area contributed by atoms with Crippen molar-refractivity contribution in [1.29, 1.82) is 0 Å². The molecule has 0 spiro atoms. The molecule has 2 heterocycles. The summed E-state index contributed by atoms with van der Waals surface area (Å²) >= 11 is 1.44. The molecular weight excluding hydrogens is 471 g/mol. The summed E-state index contributed by atoms with van der Waals surface area (Å²) in [4.78, 5) is 14.2. The van der Waals surface area contributed by atoms with Crippen LogP contribution < -0.4 is 10.6 Å². The van der Waals surface area contributed by atoms with Gasteiger partial charge in [0, 0.05) is 5.92 Å². The summed E-state index contributed by atoms with van der Waals surface area (Å²) < 4.78 is 38.3. The Balaban J connectivity index is 1.70. The van der Waals surface area contributed by atoms with Crippen LogP contribution in [-0.2, 0) is 6.42 Å². The molecule has 4 rings (SSSR count). The zero-order chi connectivity index (χ0) is 24.6. The summed E-state index contributed by atoms with van der Waals surface area (Å²) in [6.07, 6.45) is -1.14. The van der Waals surface area contributed by atoms with Crippen molar-refractivity contribution in [2.75, 3.05) is 17.2 Å². The Morgan fingerprint density at radius 2 is 1.97 bits per heavy atom. The van der Waals surface area contributed by atoms with Crippen LogP contribution in [0, 0.1) is 12.8 Å². The van der Waals surface area contributed by atoms with E-state index in [1.807, 2.05) is 6.08 Å². The molecule has 0 radical (unpaired) electrons. The van der Waals surface area contributed by atoms with Crippen LogP contribution in [0.4, 0.5) is 24.9 Å². The summed E-state index contributed by atoms with van der Waals surface area (Å²) in [5, 5.41) is 37.2. The number of rotatable bonds is 7. The number of aromatic nitrogens is 3. The number of nitrogens with one attached hydrogen (secondary N) is 2. The van der Waals surface area contributed by atoms with Gasteiger partial charge < -0.3 is 26.0 Å². The largest absolute Gasteiger partial charge is 0.405 e. The predicted octanol–water partition coefficient (Wildman–Crippen LogP) is 3.14. The summed E-state index contributed by atoms with van der Waals surface area (Å²) in [7, 11) is 0. The van der Waals surface area contributed by atoms with E-state index in [4.69, 9.17) is 4.98 Å². The van der Waals surface area contributed by atoms with Gasteiger partial charge in [0.2, 0.25) is 5.95 Å². The molecule has 2 aromatic rings. The second-order valence-corrected chi connectivity index (χ2v) is 9.73. The minimum Gasteiger partial charge on any atom is -0.393 e. The van der Waals surface area contributed by atoms with Crippen LogP contribution in [0.1, 0.15) is 42.5 Å². The molecule has 2 aliphatic carbocycles. The quantitative estimate of drug-likeness (QED) is 0.394. The maximum atomic E-state index is 12.8. The summed E-state index contributed by atoms with van der Waals surface area (Å²) in [6.45, 7) is 2.16. The first kappa shape index (κ1) is 24.8. The first-order valence-electron chi connectivity index (χ1n) is 11.2. The molecule has 5 unspecified atom stereocenters. The zero-order valence-electron chi connectivity index (χ0n) is 18.8. The number of aliphatic hydroxyl groups excluding tert-OH is 3. The zero-order valence-corrected chi connectivity index (χ0v) is 19.6. The lowest BCUT2D eigenvalue weighted by Gasteiger charge is -2.21. The summed E-state index contributed by atoms with van der Waals surface area (Å²) in [5.41, 5.74) is 1.90. The number of allylic oxidation sites excluding steroid dienone is 1. The van der Waals surface area contributed by atoms with Gasteiger partial charge in [0.05, 0.1) is 40.1 Å². The topological polar surface area (TPSA) is 123 Å². The summed E-state index contributed by atoms with van der Waals surface area (Å²) in [6, 6.07) is -0.667. The third-order valence-corrected chi connectivity index (χ3v) is 7.34. The lowest BCUT2D eigenvalue weighted by molar-refractivity contribution is -0.115. The fraction of sp³-hybridized carbons (Fsp3) is 0.591. The molecule has 34 heavy (non-hydrogen) atoms. The highest BCUT2D eigenvalue weighted by molar-refractivity contribution is 7.16. The second kappa shape index (κ2) is 9.76. The number of hydrogen-bond donors (Lipinski definition) is 5. The van der Waals surface area contributed by atoms with Crippen LogP contribution in [0.25, 0.3) is 16.6 Å². The normalized spacial score (nSPS) is 25.3. The Morgan fingerprint density at radius 1 is 1.21 bits per heavy atom. The van der Waals surface area contributed by atoms with E-state index >= 15 is 0 Å². The van der Waals surface area contributed by atoms with Crippen LogP contribution >= 0.6 is 11.3 Å². The molecule has 0 amide bonds. The van der Waals surface area contributed by atoms with Crippen molar-refractivity contribution in [2.24, 2.45) is 5.92 Å². The highest BCUT2D eigenvalue weighted by Crippen LogP contribution is 2.39. The van der Waals surface area contributed by atoms with Gasteiger partial charge in [0.25, 0.3) is 0 Å². The van der Waals surface area contributed by atoms with E-state index in [1.165, 1.54) is 11.3 Å². The first-order chi connectivity index (χ1) is 16.1. The molecule has 1 saturated carbocycles. The first-order valence-corrected chi connectivity index (χ1v) is 12.1. The third kappa shape index (κ3) is 5.19. The predicted molar refractivity (Wildman–Crippen MR) is 124 cm³/mol. The molecule has 8 nitrogen and oxygen atoms in total. The average Bonchev–Trinajstić information content (AvgIpc) is 3.33. The lowest BCUT2D eigenvalue weighted by atomic mass is 9.96. The molecule has 2 aromatic heterocycles. The maximum Gasteiger partial charge on any atom is 0.405 e. The van der Waals surface area contributed by atoms with Gasteiger partial charge >= 0.3 is 6.18 Å². The minimum absolute atomic E-state index is 0.208. The molecule has 0 aliphatic heterocycles. The molecule has 2 aliphatic rings. The van der Waals surface area contributed by atoms with Gasteiger partial charge in [-0.15, -0.1) is 11.3 Å². The number of fused-ring (bicyclic) bond motifs is 1. The Hall–Kier alpha value is -2.28. The van der Waals surface area contributed by atoms with Crippen LogP contribution in [0.3, 0.4) is 0 Å². The number of aliphatic hydroxyl groups is 3. The van der Waals surface area contributed by atoms with Crippen LogP contribution in [0.5, 0.6) is 0 Å². The van der Waals surface area contributed by atoms with Crippen molar-refractivity contribution < 1.29 is 28.5 Å². The Kier molecular flexibility index (Phi) is 7.13. The molecule has 12 heteroatoms. The van der Waals surface area contributed by atoms with E-state index in [0.717, 1.165) is 23.4 Å². The van der Waals surface area contributed by atoms with E-state index in [1.54, 1.807) is 13.8 Å². The van der Waals surface area contributed by atoms with Gasteiger partial charge in [0.1, 0.15) is 23.5 Å². The molecule has 0 aromatic carbocycles. The Bertz CT molecular complexity index is 1060. The SMILES string of the molecule is CCC(O)C1CC(Nc2nc(NCC(F)(F)F)nc(C)c2-c2nc3c(s2)C=CCC3)C(O)C1O. The van der Waals surface area contributed by atoms with Gasteiger partial charge in [-0.3, -0.25) is 0 Å². The molecule has 5 N–H and O–H groups in total. The van der Waals surface area contributed by atoms with Crippen molar-refractivity contribution in [3.05, 3.63) is 22.3 Å². The molecule has 1 fully saturated rings. The molecular formula is C22H28F3N5O3S. The van der Waals surface area contributed by atoms with E-state index in [9.17, 15) is 28.5 Å². The fourth-order valence-corrected chi connectivity index (χ4v) is 5.59. The Morgan fingerprint density at radius 3 is 2.65 bits per heavy atom. The average molecular weight is 500 g/mol. The second-order valence-electron chi connectivity index (χ2n) is 8.70. The van der Waals surface area contributed by atoms with Crippen LogP contribution in [-0.4, -0.2) is 67.3 Å². The van der Waals surface area contributed by atoms with Crippen LogP contribution in [0.15, 0.2) is 6.08 Å². The van der Waals surface area contributed by atoms with Crippen molar-refractivity contribution in [3.63, 3.8) is 0 Å². The van der Waals surface area contributed by atoms with Gasteiger partial charge in [-0.2, -0.15) is 18.2 Å². The standard InChI is InChI=1S/C22H28F3N5O3S/c1-3-14(31)11-8-13(18(33)17(11)32)28-19-16(20-29-12-6-4-5-7-15(12)34-20)10(2)27-21(30-19)26-9-22(23,24)25/h5,7,11,13-14,17-18,31-33H,3-4,6,8-9H2,1-2H3,(H2,26,27,28,30). The lowest BCUT2D eigenvalue weighted by Crippen LogP contribution is -2.37. The number of anilines is 2. The smallest absolute Gasteiger partial charge is 0.393 e.